The van der Waals surface area contributed by atoms with E-state index in [-0.39, 0.29) is 12.4 Å². The van der Waals surface area contributed by atoms with Gasteiger partial charge in [0.2, 0.25) is 0 Å². The Morgan fingerprint density at radius 2 is 1.80 bits per heavy atom. The summed E-state index contributed by atoms with van der Waals surface area (Å²) in [5, 5.41) is 3.44. The lowest BCUT2D eigenvalue weighted by atomic mass is 9.96. The molecule has 1 fully saturated rings. The molecular weight excluding hydrogens is 268 g/mol. The van der Waals surface area contributed by atoms with E-state index in [9.17, 15) is 0 Å². The molecule has 3 heteroatoms. The van der Waals surface area contributed by atoms with E-state index in [0.717, 1.165) is 12.3 Å². The van der Waals surface area contributed by atoms with Gasteiger partial charge >= 0.3 is 0 Å². The molecule has 1 aromatic carbocycles. The Balaban J connectivity index is 0.00000200. The van der Waals surface area contributed by atoms with Crippen LogP contribution in [0.15, 0.2) is 24.3 Å². The second kappa shape index (κ2) is 8.66. The second-order valence-electron chi connectivity index (χ2n) is 6.17. The Morgan fingerprint density at radius 1 is 1.20 bits per heavy atom. The van der Waals surface area contributed by atoms with Crippen LogP contribution in [0.4, 0.5) is 0 Å². The van der Waals surface area contributed by atoms with E-state index < -0.39 is 0 Å². The van der Waals surface area contributed by atoms with Crippen molar-refractivity contribution < 1.29 is 0 Å². The highest BCUT2D eigenvalue weighted by Crippen LogP contribution is 2.16. The first-order valence-corrected chi connectivity index (χ1v) is 7.61. The number of hydrogen-bond acceptors (Lipinski definition) is 2. The lowest BCUT2D eigenvalue weighted by Crippen LogP contribution is -2.39. The van der Waals surface area contributed by atoms with Crippen molar-refractivity contribution in [2.45, 2.75) is 39.2 Å². The van der Waals surface area contributed by atoms with E-state index in [1.54, 1.807) is 0 Å². The molecule has 1 aliphatic rings. The number of nitrogens with zero attached hydrogens (tertiary/aromatic N) is 1. The molecule has 0 radical (unpaired) electrons. The molecule has 0 spiro atoms. The zero-order valence-electron chi connectivity index (χ0n) is 13.1. The fraction of sp³-hybridized carbons (Fsp3) is 0.647. The van der Waals surface area contributed by atoms with Gasteiger partial charge in [-0.05, 0) is 64.7 Å². The molecule has 1 aromatic rings. The topological polar surface area (TPSA) is 15.3 Å². The van der Waals surface area contributed by atoms with Gasteiger partial charge in [-0.15, -0.1) is 12.4 Å². The van der Waals surface area contributed by atoms with Gasteiger partial charge in [-0.25, -0.2) is 0 Å². The summed E-state index contributed by atoms with van der Waals surface area (Å²) >= 11 is 0. The number of likely N-dealkylation sites (N-methyl/N-ethyl adjacent to an activating group) is 1. The quantitative estimate of drug-likeness (QED) is 0.897. The second-order valence-corrected chi connectivity index (χ2v) is 6.17. The summed E-state index contributed by atoms with van der Waals surface area (Å²) in [5.74, 6) is 0.881. The summed E-state index contributed by atoms with van der Waals surface area (Å²) in [5.41, 5.74) is 2.80. The number of halogens is 1. The van der Waals surface area contributed by atoms with Gasteiger partial charge in [-0.3, -0.25) is 0 Å². The van der Waals surface area contributed by atoms with Crippen LogP contribution in [0.2, 0.25) is 0 Å². The molecule has 2 nitrogen and oxygen atoms in total. The average Bonchev–Trinajstić information content (AvgIpc) is 2.42. The summed E-state index contributed by atoms with van der Waals surface area (Å²) in [6.07, 6.45) is 3.82. The molecule has 0 amide bonds. The molecule has 2 rings (SSSR count). The molecular formula is C17H29ClN2. The van der Waals surface area contributed by atoms with E-state index >= 15 is 0 Å². The first kappa shape index (κ1) is 17.5. The van der Waals surface area contributed by atoms with Gasteiger partial charge in [0.15, 0.2) is 0 Å². The summed E-state index contributed by atoms with van der Waals surface area (Å²) in [6, 6.07) is 9.59. The van der Waals surface area contributed by atoms with Crippen LogP contribution in [-0.4, -0.2) is 37.6 Å². The summed E-state index contributed by atoms with van der Waals surface area (Å²) < 4.78 is 0. The van der Waals surface area contributed by atoms with E-state index in [1.807, 2.05) is 0 Å². The van der Waals surface area contributed by atoms with Gasteiger partial charge in [0, 0.05) is 12.6 Å². The Bertz CT molecular complexity index is 371. The van der Waals surface area contributed by atoms with Gasteiger partial charge in [0.25, 0.3) is 0 Å². The van der Waals surface area contributed by atoms with E-state index in [0.29, 0.717) is 6.04 Å². The summed E-state index contributed by atoms with van der Waals surface area (Å²) in [6.45, 7) is 8.14. The van der Waals surface area contributed by atoms with Crippen LogP contribution in [0.25, 0.3) is 0 Å². The fourth-order valence-corrected chi connectivity index (χ4v) is 2.87. The monoisotopic (exact) mass is 296 g/mol. The molecule has 1 atom stereocenters. The van der Waals surface area contributed by atoms with Gasteiger partial charge in [-0.1, -0.05) is 29.8 Å². The molecule has 0 aliphatic carbocycles. The predicted molar refractivity (Wildman–Crippen MR) is 89.8 cm³/mol. The van der Waals surface area contributed by atoms with E-state index in [1.165, 1.54) is 43.6 Å². The number of rotatable bonds is 5. The minimum Gasteiger partial charge on any atom is -0.317 e. The van der Waals surface area contributed by atoms with Crippen molar-refractivity contribution in [3.05, 3.63) is 35.4 Å². The van der Waals surface area contributed by atoms with Crippen LogP contribution in [0.5, 0.6) is 0 Å². The van der Waals surface area contributed by atoms with Crippen LogP contribution >= 0.6 is 12.4 Å². The summed E-state index contributed by atoms with van der Waals surface area (Å²) in [7, 11) is 2.28. The van der Waals surface area contributed by atoms with Crippen LogP contribution in [0.1, 0.15) is 30.9 Å². The van der Waals surface area contributed by atoms with Crippen molar-refractivity contribution in [2.24, 2.45) is 5.92 Å². The largest absolute Gasteiger partial charge is 0.317 e. The van der Waals surface area contributed by atoms with E-state index in [4.69, 9.17) is 0 Å². The Labute approximate surface area is 130 Å². The zero-order chi connectivity index (χ0) is 13.7. The van der Waals surface area contributed by atoms with Crippen molar-refractivity contribution in [3.63, 3.8) is 0 Å². The highest BCUT2D eigenvalue weighted by atomic mass is 35.5. The van der Waals surface area contributed by atoms with Crippen molar-refractivity contribution in [2.75, 3.05) is 26.7 Å². The minimum atomic E-state index is 0. The molecule has 1 unspecified atom stereocenters. The van der Waals surface area contributed by atoms with Gasteiger partial charge < -0.3 is 10.2 Å². The number of hydrogen-bond donors (Lipinski definition) is 1. The van der Waals surface area contributed by atoms with Crippen molar-refractivity contribution >= 4 is 12.4 Å². The van der Waals surface area contributed by atoms with Crippen molar-refractivity contribution in [3.8, 4) is 0 Å². The number of aryl methyl sites for hydroxylation is 1. The van der Waals surface area contributed by atoms with E-state index in [2.05, 4.69) is 55.4 Å². The fourth-order valence-electron chi connectivity index (χ4n) is 2.87. The third-order valence-electron chi connectivity index (χ3n) is 4.41. The highest BCUT2D eigenvalue weighted by Gasteiger charge is 2.18. The normalized spacial score (nSPS) is 17.8. The van der Waals surface area contributed by atoms with Gasteiger partial charge in [-0.2, -0.15) is 0 Å². The lowest BCUT2D eigenvalue weighted by Gasteiger charge is -2.31. The first-order valence-electron chi connectivity index (χ1n) is 7.61. The average molecular weight is 297 g/mol. The third-order valence-corrected chi connectivity index (χ3v) is 4.41. The molecule has 114 valence electrons. The molecule has 20 heavy (non-hydrogen) atoms. The minimum absolute atomic E-state index is 0. The van der Waals surface area contributed by atoms with Crippen LogP contribution < -0.4 is 5.32 Å². The molecule has 1 saturated heterocycles. The SMILES string of the molecule is Cc1ccc(CC(C)N(C)CC2CCNCC2)cc1.Cl. The van der Waals surface area contributed by atoms with Gasteiger partial charge in [0.05, 0.1) is 0 Å². The maximum atomic E-state index is 3.44. The maximum Gasteiger partial charge on any atom is 0.0104 e. The molecule has 1 heterocycles. The molecule has 0 saturated carbocycles. The Kier molecular flexibility index (Phi) is 7.57. The smallest absolute Gasteiger partial charge is 0.0104 e. The van der Waals surface area contributed by atoms with Crippen LogP contribution in [0, 0.1) is 12.8 Å². The molecule has 0 bridgehead atoms. The number of benzene rings is 1. The Hall–Kier alpha value is -0.570. The number of piperidine rings is 1. The van der Waals surface area contributed by atoms with Crippen LogP contribution in [-0.2, 0) is 6.42 Å². The first-order chi connectivity index (χ1) is 9.15. The van der Waals surface area contributed by atoms with Crippen molar-refractivity contribution in [1.82, 2.24) is 10.2 Å². The van der Waals surface area contributed by atoms with Crippen molar-refractivity contribution in [1.29, 1.82) is 0 Å². The maximum absolute atomic E-state index is 3.44. The van der Waals surface area contributed by atoms with Crippen LogP contribution in [0.3, 0.4) is 0 Å². The number of nitrogens with one attached hydrogen (secondary N) is 1. The predicted octanol–water partition coefficient (Wildman–Crippen LogP) is 3.28. The standard InChI is InChI=1S/C17H28N2.ClH/c1-14-4-6-16(7-5-14)12-15(2)19(3)13-17-8-10-18-11-9-17;/h4-7,15,17-18H,8-13H2,1-3H3;1H. The third kappa shape index (κ3) is 5.43. The lowest BCUT2D eigenvalue weighted by molar-refractivity contribution is 0.194. The molecule has 1 aliphatic heterocycles. The highest BCUT2D eigenvalue weighted by molar-refractivity contribution is 5.85. The van der Waals surface area contributed by atoms with Gasteiger partial charge in [0.1, 0.15) is 0 Å². The zero-order valence-corrected chi connectivity index (χ0v) is 13.9. The Morgan fingerprint density at radius 3 is 2.40 bits per heavy atom. The summed E-state index contributed by atoms with van der Waals surface area (Å²) in [4.78, 5) is 2.54. The molecule has 1 N–H and O–H groups in total. The molecule has 0 aromatic heterocycles.